The molecule has 1 atom stereocenters. The lowest BCUT2D eigenvalue weighted by molar-refractivity contribution is -0.138. The van der Waals surface area contributed by atoms with Crippen LogP contribution >= 0.6 is 11.6 Å². The van der Waals surface area contributed by atoms with Crippen molar-refractivity contribution in [2.75, 3.05) is 0 Å². The number of carbonyl (C=O) groups is 1. The average Bonchev–Trinajstić information content (AvgIpc) is 2.13. The Morgan fingerprint density at radius 1 is 1.53 bits per heavy atom. The van der Waals surface area contributed by atoms with E-state index in [1.54, 1.807) is 0 Å². The monoisotopic (exact) mass is 235 g/mol. The zero-order chi connectivity index (χ0) is 11.6. The Labute approximate surface area is 89.5 Å². The van der Waals surface area contributed by atoms with Gasteiger partial charge >= 0.3 is 5.97 Å². The molecule has 1 aromatic rings. The van der Waals surface area contributed by atoms with Crippen molar-refractivity contribution in [2.24, 2.45) is 5.73 Å². The van der Waals surface area contributed by atoms with Crippen LogP contribution in [0.1, 0.15) is 5.56 Å². The fraction of sp³-hybridized carbons (Fsp3) is 0.222. The van der Waals surface area contributed by atoms with Gasteiger partial charge in [-0.2, -0.15) is 0 Å². The Balaban J connectivity index is 2.99. The summed E-state index contributed by atoms with van der Waals surface area (Å²) in [7, 11) is 0. The molecule has 0 saturated heterocycles. The van der Waals surface area contributed by atoms with Crippen LogP contribution in [0.4, 0.5) is 8.78 Å². The van der Waals surface area contributed by atoms with Crippen LogP contribution < -0.4 is 5.73 Å². The molecule has 0 amide bonds. The second-order valence-electron chi connectivity index (χ2n) is 3.01. The minimum absolute atomic E-state index is 0.0454. The van der Waals surface area contributed by atoms with E-state index in [1.165, 1.54) is 0 Å². The zero-order valence-corrected chi connectivity index (χ0v) is 8.26. The standard InChI is InChI=1S/C9H8ClF2NO2/c10-8-4(2-7(13)9(14)15)1-5(11)3-6(8)12/h1,3,7H,2,13H2,(H,14,15). The van der Waals surface area contributed by atoms with Crippen molar-refractivity contribution < 1.29 is 18.7 Å². The van der Waals surface area contributed by atoms with Crippen LogP contribution in [0, 0.1) is 11.6 Å². The molecular weight excluding hydrogens is 228 g/mol. The van der Waals surface area contributed by atoms with Gasteiger partial charge in [-0.05, 0) is 18.1 Å². The maximum Gasteiger partial charge on any atom is 0.320 e. The fourth-order valence-electron chi connectivity index (χ4n) is 1.08. The number of nitrogens with two attached hydrogens (primary N) is 1. The third-order valence-electron chi connectivity index (χ3n) is 1.83. The minimum atomic E-state index is -1.25. The van der Waals surface area contributed by atoms with E-state index in [2.05, 4.69) is 0 Å². The van der Waals surface area contributed by atoms with Crippen LogP contribution in [0.3, 0.4) is 0 Å². The quantitative estimate of drug-likeness (QED) is 0.782. The molecule has 0 spiro atoms. The van der Waals surface area contributed by atoms with Crippen molar-refractivity contribution in [1.82, 2.24) is 0 Å². The summed E-state index contributed by atoms with van der Waals surface area (Å²) in [5.41, 5.74) is 5.26. The van der Waals surface area contributed by atoms with Crippen molar-refractivity contribution in [3.8, 4) is 0 Å². The first-order valence-corrected chi connectivity index (χ1v) is 4.41. The second kappa shape index (κ2) is 4.55. The van der Waals surface area contributed by atoms with Gasteiger partial charge < -0.3 is 10.8 Å². The highest BCUT2D eigenvalue weighted by Crippen LogP contribution is 2.22. The molecule has 1 unspecified atom stereocenters. The summed E-state index contributed by atoms with van der Waals surface area (Å²) >= 11 is 5.52. The molecule has 0 fully saturated rings. The van der Waals surface area contributed by atoms with Crippen molar-refractivity contribution in [3.63, 3.8) is 0 Å². The summed E-state index contributed by atoms with van der Waals surface area (Å²) in [6, 6.07) is 0.357. The summed E-state index contributed by atoms with van der Waals surface area (Å²) in [6.07, 6.45) is -0.219. The molecule has 3 N–H and O–H groups in total. The topological polar surface area (TPSA) is 63.3 Å². The smallest absolute Gasteiger partial charge is 0.320 e. The third kappa shape index (κ3) is 2.87. The van der Waals surface area contributed by atoms with Gasteiger partial charge in [0, 0.05) is 6.07 Å². The number of aliphatic carboxylic acids is 1. The van der Waals surface area contributed by atoms with Crippen molar-refractivity contribution in [3.05, 3.63) is 34.4 Å². The lowest BCUT2D eigenvalue weighted by Gasteiger charge is -2.08. The molecule has 0 aliphatic rings. The van der Waals surface area contributed by atoms with Gasteiger partial charge in [-0.25, -0.2) is 8.78 Å². The fourth-order valence-corrected chi connectivity index (χ4v) is 1.27. The van der Waals surface area contributed by atoms with Crippen LogP contribution in [0.5, 0.6) is 0 Å². The van der Waals surface area contributed by atoms with E-state index in [4.69, 9.17) is 22.4 Å². The van der Waals surface area contributed by atoms with E-state index in [9.17, 15) is 13.6 Å². The number of rotatable bonds is 3. The van der Waals surface area contributed by atoms with Gasteiger partial charge in [0.15, 0.2) is 0 Å². The van der Waals surface area contributed by atoms with E-state index in [-0.39, 0.29) is 17.0 Å². The van der Waals surface area contributed by atoms with Crippen LogP contribution in [-0.2, 0) is 11.2 Å². The maximum absolute atomic E-state index is 12.9. The van der Waals surface area contributed by atoms with E-state index in [0.717, 1.165) is 6.07 Å². The number of hydrogen-bond donors (Lipinski definition) is 2. The SMILES string of the molecule is NC(Cc1cc(F)cc(F)c1Cl)C(=O)O. The lowest BCUT2D eigenvalue weighted by Crippen LogP contribution is -2.32. The predicted molar refractivity (Wildman–Crippen MR) is 50.7 cm³/mol. The molecule has 0 aliphatic carbocycles. The van der Waals surface area contributed by atoms with Crippen molar-refractivity contribution in [1.29, 1.82) is 0 Å². The molecule has 0 bridgehead atoms. The Kier molecular flexibility index (Phi) is 3.60. The van der Waals surface area contributed by atoms with E-state index in [0.29, 0.717) is 6.07 Å². The molecule has 1 aromatic carbocycles. The van der Waals surface area contributed by atoms with Crippen LogP contribution in [0.15, 0.2) is 12.1 Å². The first-order chi connectivity index (χ1) is 6.91. The molecule has 3 nitrogen and oxygen atoms in total. The number of carboxylic acids is 1. The lowest BCUT2D eigenvalue weighted by atomic mass is 10.1. The number of carboxylic acid groups (broad SMARTS) is 1. The molecule has 0 radical (unpaired) electrons. The van der Waals surface area contributed by atoms with Gasteiger partial charge in [0.25, 0.3) is 0 Å². The van der Waals surface area contributed by atoms with Gasteiger partial charge in [0.05, 0.1) is 5.02 Å². The summed E-state index contributed by atoms with van der Waals surface area (Å²) < 4.78 is 25.7. The Morgan fingerprint density at radius 2 is 2.13 bits per heavy atom. The van der Waals surface area contributed by atoms with Gasteiger partial charge in [0.1, 0.15) is 17.7 Å². The molecule has 0 aliphatic heterocycles. The third-order valence-corrected chi connectivity index (χ3v) is 2.25. The second-order valence-corrected chi connectivity index (χ2v) is 3.39. The highest BCUT2D eigenvalue weighted by atomic mass is 35.5. The van der Waals surface area contributed by atoms with Gasteiger partial charge in [-0.1, -0.05) is 11.6 Å². The molecule has 15 heavy (non-hydrogen) atoms. The molecule has 0 saturated carbocycles. The van der Waals surface area contributed by atoms with E-state index < -0.39 is 23.6 Å². The van der Waals surface area contributed by atoms with Gasteiger partial charge in [-0.3, -0.25) is 4.79 Å². The normalized spacial score (nSPS) is 12.5. The van der Waals surface area contributed by atoms with Crippen LogP contribution in [-0.4, -0.2) is 17.1 Å². The largest absolute Gasteiger partial charge is 0.480 e. The maximum atomic E-state index is 12.9. The van der Waals surface area contributed by atoms with Gasteiger partial charge in [-0.15, -0.1) is 0 Å². The minimum Gasteiger partial charge on any atom is -0.480 e. The highest BCUT2D eigenvalue weighted by Gasteiger charge is 2.16. The summed E-state index contributed by atoms with van der Waals surface area (Å²) in [6.45, 7) is 0. The average molecular weight is 236 g/mol. The number of benzene rings is 1. The first kappa shape index (κ1) is 11.9. The molecule has 6 heteroatoms. The van der Waals surface area contributed by atoms with Crippen molar-refractivity contribution in [2.45, 2.75) is 12.5 Å². The van der Waals surface area contributed by atoms with E-state index in [1.807, 2.05) is 0 Å². The molecular formula is C9H8ClF2NO2. The molecule has 1 rings (SSSR count). The Morgan fingerprint density at radius 3 is 2.67 bits per heavy atom. The zero-order valence-electron chi connectivity index (χ0n) is 7.51. The Bertz CT molecular complexity index is 398. The van der Waals surface area contributed by atoms with Crippen molar-refractivity contribution >= 4 is 17.6 Å². The van der Waals surface area contributed by atoms with Gasteiger partial charge in [0.2, 0.25) is 0 Å². The number of halogens is 3. The number of hydrogen-bond acceptors (Lipinski definition) is 2. The first-order valence-electron chi connectivity index (χ1n) is 4.03. The summed E-state index contributed by atoms with van der Waals surface area (Å²) in [4.78, 5) is 10.4. The molecule has 0 aromatic heterocycles. The van der Waals surface area contributed by atoms with E-state index >= 15 is 0 Å². The van der Waals surface area contributed by atoms with Crippen LogP contribution in [0.25, 0.3) is 0 Å². The molecule has 82 valence electrons. The van der Waals surface area contributed by atoms with Crippen LogP contribution in [0.2, 0.25) is 5.02 Å². The highest BCUT2D eigenvalue weighted by molar-refractivity contribution is 6.31. The Hall–Kier alpha value is -1.20. The predicted octanol–water partition coefficient (Wildman–Crippen LogP) is 1.57. The molecule has 0 heterocycles. The summed E-state index contributed by atoms with van der Waals surface area (Å²) in [5.74, 6) is -3.00. The summed E-state index contributed by atoms with van der Waals surface area (Å²) in [5, 5.41) is 8.22.